The molecule has 128 valence electrons. The van der Waals surface area contributed by atoms with Gasteiger partial charge in [-0.25, -0.2) is 4.39 Å². The number of halogens is 1. The van der Waals surface area contributed by atoms with Gasteiger partial charge in [-0.15, -0.1) is 10.2 Å². The highest BCUT2D eigenvalue weighted by Gasteiger charge is 2.13. The van der Waals surface area contributed by atoms with E-state index in [-0.39, 0.29) is 17.5 Å². The summed E-state index contributed by atoms with van der Waals surface area (Å²) in [7, 11) is 1.86. The zero-order valence-electron chi connectivity index (χ0n) is 13.9. The van der Waals surface area contributed by atoms with Crippen LogP contribution in [0.15, 0.2) is 53.7 Å². The van der Waals surface area contributed by atoms with E-state index in [0.29, 0.717) is 16.4 Å². The molecule has 0 unspecified atom stereocenters. The van der Waals surface area contributed by atoms with Crippen molar-refractivity contribution in [2.45, 2.75) is 12.1 Å². The number of benzene rings is 2. The number of carbonyl (C=O) groups is 1. The number of rotatable bonds is 5. The van der Waals surface area contributed by atoms with E-state index in [2.05, 4.69) is 15.5 Å². The van der Waals surface area contributed by atoms with Gasteiger partial charge in [-0.3, -0.25) is 4.79 Å². The molecule has 0 aliphatic rings. The van der Waals surface area contributed by atoms with Crippen molar-refractivity contribution in [2.24, 2.45) is 7.05 Å². The Kier molecular flexibility index (Phi) is 5.14. The molecule has 0 atom stereocenters. The van der Waals surface area contributed by atoms with Gasteiger partial charge in [-0.1, -0.05) is 48.2 Å². The normalized spacial score (nSPS) is 10.7. The minimum Gasteiger partial charge on any atom is -0.325 e. The molecule has 3 rings (SSSR count). The van der Waals surface area contributed by atoms with Gasteiger partial charge in [0.05, 0.1) is 5.75 Å². The van der Waals surface area contributed by atoms with Crippen molar-refractivity contribution in [1.29, 1.82) is 0 Å². The Morgan fingerprint density at radius 2 is 1.96 bits per heavy atom. The van der Waals surface area contributed by atoms with E-state index in [9.17, 15) is 9.18 Å². The molecule has 0 spiro atoms. The van der Waals surface area contributed by atoms with Crippen LogP contribution in [0.25, 0.3) is 11.4 Å². The number of nitrogens with one attached hydrogen (secondary N) is 1. The SMILES string of the molecule is Cc1ccc(NC(=O)CSc2nnc(-c3ccccc3)n2C)cc1F. The predicted molar refractivity (Wildman–Crippen MR) is 96.9 cm³/mol. The standard InChI is InChI=1S/C18H17FN4OS/c1-12-8-9-14(10-15(12)19)20-16(24)11-25-18-22-21-17(23(18)2)13-6-4-3-5-7-13/h3-10H,11H2,1-2H3,(H,20,24). The van der Waals surface area contributed by atoms with E-state index in [1.165, 1.54) is 17.8 Å². The highest BCUT2D eigenvalue weighted by Crippen LogP contribution is 2.22. The Labute approximate surface area is 149 Å². The van der Waals surface area contributed by atoms with E-state index in [1.54, 1.807) is 19.1 Å². The molecule has 5 nitrogen and oxygen atoms in total. The lowest BCUT2D eigenvalue weighted by molar-refractivity contribution is -0.113. The van der Waals surface area contributed by atoms with Crippen LogP contribution in [0.3, 0.4) is 0 Å². The first-order chi connectivity index (χ1) is 12.0. The van der Waals surface area contributed by atoms with Crippen LogP contribution >= 0.6 is 11.8 Å². The van der Waals surface area contributed by atoms with Crippen LogP contribution in [0.5, 0.6) is 0 Å². The van der Waals surface area contributed by atoms with Crippen molar-refractivity contribution in [2.75, 3.05) is 11.1 Å². The summed E-state index contributed by atoms with van der Waals surface area (Å²) in [6.07, 6.45) is 0. The Balaban J connectivity index is 1.63. The summed E-state index contributed by atoms with van der Waals surface area (Å²) in [6, 6.07) is 14.3. The molecule has 1 N–H and O–H groups in total. The zero-order valence-corrected chi connectivity index (χ0v) is 14.7. The molecule has 25 heavy (non-hydrogen) atoms. The number of hydrogen-bond donors (Lipinski definition) is 1. The van der Waals surface area contributed by atoms with Crippen LogP contribution in [-0.2, 0) is 11.8 Å². The summed E-state index contributed by atoms with van der Waals surface area (Å²) in [5.74, 6) is 0.337. The fourth-order valence-electron chi connectivity index (χ4n) is 2.28. The maximum absolute atomic E-state index is 13.5. The first-order valence-corrected chi connectivity index (χ1v) is 8.67. The lowest BCUT2D eigenvalue weighted by atomic mass is 10.2. The lowest BCUT2D eigenvalue weighted by Crippen LogP contribution is -2.14. The maximum atomic E-state index is 13.5. The lowest BCUT2D eigenvalue weighted by Gasteiger charge is -2.06. The molecule has 1 heterocycles. The number of hydrogen-bond acceptors (Lipinski definition) is 4. The summed E-state index contributed by atoms with van der Waals surface area (Å²) < 4.78 is 15.4. The number of nitrogens with zero attached hydrogens (tertiary/aromatic N) is 3. The van der Waals surface area contributed by atoms with Crippen LogP contribution in [0.1, 0.15) is 5.56 Å². The van der Waals surface area contributed by atoms with E-state index in [0.717, 1.165) is 11.4 Å². The van der Waals surface area contributed by atoms with Crippen molar-refractivity contribution < 1.29 is 9.18 Å². The van der Waals surface area contributed by atoms with Gasteiger partial charge in [-0.2, -0.15) is 0 Å². The van der Waals surface area contributed by atoms with Gasteiger partial charge in [0, 0.05) is 18.3 Å². The van der Waals surface area contributed by atoms with Gasteiger partial charge in [-0.05, 0) is 24.6 Å². The molecule has 0 aliphatic heterocycles. The number of carbonyl (C=O) groups excluding carboxylic acids is 1. The predicted octanol–water partition coefficient (Wildman–Crippen LogP) is 3.66. The van der Waals surface area contributed by atoms with Crippen molar-refractivity contribution in [3.63, 3.8) is 0 Å². The van der Waals surface area contributed by atoms with Gasteiger partial charge in [0.15, 0.2) is 11.0 Å². The second-order valence-electron chi connectivity index (χ2n) is 5.53. The van der Waals surface area contributed by atoms with Crippen LogP contribution in [0.2, 0.25) is 0 Å². The number of aromatic nitrogens is 3. The summed E-state index contributed by atoms with van der Waals surface area (Å²) in [5.41, 5.74) is 1.94. The van der Waals surface area contributed by atoms with Crippen molar-refractivity contribution in [1.82, 2.24) is 14.8 Å². The fourth-order valence-corrected chi connectivity index (χ4v) is 2.99. The first kappa shape index (κ1) is 17.2. The third-order valence-electron chi connectivity index (χ3n) is 3.65. The molecule has 0 saturated heterocycles. The minimum atomic E-state index is -0.341. The molecule has 1 aromatic heterocycles. The second kappa shape index (κ2) is 7.48. The monoisotopic (exact) mass is 356 g/mol. The Hall–Kier alpha value is -2.67. The molecule has 0 fully saturated rings. The number of amides is 1. The topological polar surface area (TPSA) is 59.8 Å². The average Bonchev–Trinajstić information content (AvgIpc) is 2.98. The van der Waals surface area contributed by atoms with Gasteiger partial charge in [0.1, 0.15) is 5.82 Å². The Morgan fingerprint density at radius 1 is 1.20 bits per heavy atom. The van der Waals surface area contributed by atoms with Crippen molar-refractivity contribution in [3.05, 3.63) is 59.9 Å². The van der Waals surface area contributed by atoms with E-state index in [1.807, 2.05) is 41.9 Å². The highest BCUT2D eigenvalue weighted by molar-refractivity contribution is 7.99. The molecule has 1 amide bonds. The van der Waals surface area contributed by atoms with Crippen LogP contribution in [-0.4, -0.2) is 26.4 Å². The molecular formula is C18H17FN4OS. The quantitative estimate of drug-likeness (QED) is 0.709. The van der Waals surface area contributed by atoms with Gasteiger partial charge >= 0.3 is 0 Å². The summed E-state index contributed by atoms with van der Waals surface area (Å²) in [6.45, 7) is 1.68. The molecule has 2 aromatic carbocycles. The smallest absolute Gasteiger partial charge is 0.234 e. The van der Waals surface area contributed by atoms with Gasteiger partial charge in [0.25, 0.3) is 0 Å². The Morgan fingerprint density at radius 3 is 2.68 bits per heavy atom. The molecule has 0 bridgehead atoms. The molecular weight excluding hydrogens is 339 g/mol. The van der Waals surface area contributed by atoms with E-state index < -0.39 is 0 Å². The second-order valence-corrected chi connectivity index (χ2v) is 6.47. The number of aryl methyl sites for hydroxylation is 1. The maximum Gasteiger partial charge on any atom is 0.234 e. The molecule has 0 aliphatic carbocycles. The minimum absolute atomic E-state index is 0.163. The molecule has 0 radical (unpaired) electrons. The summed E-state index contributed by atoms with van der Waals surface area (Å²) >= 11 is 1.28. The van der Waals surface area contributed by atoms with Gasteiger partial charge in [0.2, 0.25) is 5.91 Å². The van der Waals surface area contributed by atoms with Crippen LogP contribution in [0.4, 0.5) is 10.1 Å². The van der Waals surface area contributed by atoms with Crippen molar-refractivity contribution in [3.8, 4) is 11.4 Å². The fraction of sp³-hybridized carbons (Fsp3) is 0.167. The first-order valence-electron chi connectivity index (χ1n) is 7.68. The summed E-state index contributed by atoms with van der Waals surface area (Å²) in [5, 5.41) is 11.6. The zero-order chi connectivity index (χ0) is 17.8. The third-order valence-corrected chi connectivity index (χ3v) is 4.68. The van der Waals surface area contributed by atoms with E-state index >= 15 is 0 Å². The largest absolute Gasteiger partial charge is 0.325 e. The van der Waals surface area contributed by atoms with Crippen molar-refractivity contribution >= 4 is 23.4 Å². The number of anilines is 1. The number of thioether (sulfide) groups is 1. The van der Waals surface area contributed by atoms with Gasteiger partial charge < -0.3 is 9.88 Å². The molecule has 3 aromatic rings. The Bertz CT molecular complexity index is 895. The van der Waals surface area contributed by atoms with Crippen LogP contribution in [0, 0.1) is 12.7 Å². The average molecular weight is 356 g/mol. The van der Waals surface area contributed by atoms with Crippen LogP contribution < -0.4 is 5.32 Å². The molecule has 7 heteroatoms. The third kappa shape index (κ3) is 4.06. The molecule has 0 saturated carbocycles. The van der Waals surface area contributed by atoms with E-state index in [4.69, 9.17) is 0 Å². The highest BCUT2D eigenvalue weighted by atomic mass is 32.2. The summed E-state index contributed by atoms with van der Waals surface area (Å²) in [4.78, 5) is 12.1.